The van der Waals surface area contributed by atoms with Gasteiger partial charge in [0, 0.05) is 10.1 Å². The van der Waals surface area contributed by atoms with Gasteiger partial charge in [-0.3, -0.25) is 10.8 Å². The molecule has 0 aliphatic rings. The average Bonchev–Trinajstić information content (AvgIpc) is 2.57. The third-order valence-electron chi connectivity index (χ3n) is 3.84. The van der Waals surface area contributed by atoms with Gasteiger partial charge in [-0.25, -0.2) is 9.18 Å². The van der Waals surface area contributed by atoms with Crippen molar-refractivity contribution in [3.63, 3.8) is 0 Å². The Morgan fingerprint density at radius 1 is 1.36 bits per heavy atom. The van der Waals surface area contributed by atoms with Gasteiger partial charge in [0.15, 0.2) is 0 Å². The van der Waals surface area contributed by atoms with E-state index < -0.39 is 23.5 Å². The molecule has 0 bridgehead atoms. The summed E-state index contributed by atoms with van der Waals surface area (Å²) in [6, 6.07) is 3.93. The molecule has 0 aliphatic carbocycles. The molecule has 0 saturated heterocycles. The number of nitrogens with two attached hydrogens (primary N) is 1. The number of hydrogen-bond acceptors (Lipinski definition) is 4. The summed E-state index contributed by atoms with van der Waals surface area (Å²) in [7, 11) is 0. The molecule has 1 heterocycles. The molecule has 10 heteroatoms. The first-order valence-electron chi connectivity index (χ1n) is 7.90. The minimum atomic E-state index is -4.63. The average molecular weight is 509 g/mol. The van der Waals surface area contributed by atoms with Crippen molar-refractivity contribution in [3.05, 3.63) is 70.3 Å². The summed E-state index contributed by atoms with van der Waals surface area (Å²) in [6.07, 6.45) is -1.69. The predicted molar refractivity (Wildman–Crippen MR) is 104 cm³/mol. The van der Waals surface area contributed by atoms with E-state index in [1.807, 2.05) is 22.6 Å². The maximum atomic E-state index is 13.5. The summed E-state index contributed by atoms with van der Waals surface area (Å²) in [5.41, 5.74) is 2.85. The lowest BCUT2D eigenvalue weighted by atomic mass is 10.0. The van der Waals surface area contributed by atoms with Crippen LogP contribution < -0.4 is 11.3 Å². The van der Waals surface area contributed by atoms with E-state index in [-0.39, 0.29) is 21.5 Å². The number of carboxylic acid groups (broad SMARTS) is 1. The van der Waals surface area contributed by atoms with Crippen molar-refractivity contribution in [2.24, 2.45) is 5.84 Å². The van der Waals surface area contributed by atoms with Crippen molar-refractivity contribution in [1.82, 2.24) is 10.4 Å². The van der Waals surface area contributed by atoms with Gasteiger partial charge >= 0.3 is 12.1 Å². The zero-order chi connectivity index (χ0) is 21.1. The van der Waals surface area contributed by atoms with Gasteiger partial charge in [0.1, 0.15) is 5.82 Å². The maximum absolute atomic E-state index is 13.5. The molecule has 28 heavy (non-hydrogen) atoms. The van der Waals surface area contributed by atoms with Gasteiger partial charge in [-0.2, -0.15) is 13.2 Å². The van der Waals surface area contributed by atoms with Crippen molar-refractivity contribution >= 4 is 34.3 Å². The number of aromatic nitrogens is 1. The van der Waals surface area contributed by atoms with Gasteiger partial charge in [-0.05, 0) is 54.8 Å². The number of alkyl halides is 4. The second-order valence-corrected chi connectivity index (χ2v) is 7.58. The van der Waals surface area contributed by atoms with Crippen LogP contribution in [0.3, 0.4) is 0 Å². The van der Waals surface area contributed by atoms with E-state index in [4.69, 9.17) is 10.9 Å². The van der Waals surface area contributed by atoms with Gasteiger partial charge < -0.3 is 10.5 Å². The Bertz CT molecular complexity index is 916. The van der Waals surface area contributed by atoms with Crippen LogP contribution in [0.5, 0.6) is 0 Å². The summed E-state index contributed by atoms with van der Waals surface area (Å²) >= 11 is 1.98. The predicted octanol–water partition coefficient (Wildman–Crippen LogP) is 4.10. The first-order valence-corrected chi connectivity index (χ1v) is 9.15. The van der Waals surface area contributed by atoms with E-state index >= 15 is 0 Å². The molecule has 2 aromatic rings. The molecular formula is C18H16F4IN3O2. The van der Waals surface area contributed by atoms with Crippen LogP contribution in [0.15, 0.2) is 36.5 Å². The Balaban J connectivity index is 2.27. The lowest BCUT2D eigenvalue weighted by Gasteiger charge is -2.13. The second kappa shape index (κ2) is 8.86. The van der Waals surface area contributed by atoms with E-state index in [2.05, 4.69) is 10.4 Å². The second-order valence-electron chi connectivity index (χ2n) is 5.98. The first-order chi connectivity index (χ1) is 13.0. The van der Waals surface area contributed by atoms with E-state index in [1.54, 1.807) is 13.0 Å². The fourth-order valence-corrected chi connectivity index (χ4v) is 3.40. The number of carbonyl (C=O) groups is 1. The van der Waals surface area contributed by atoms with Crippen molar-refractivity contribution in [3.8, 4) is 0 Å². The third kappa shape index (κ3) is 5.64. The van der Waals surface area contributed by atoms with Crippen molar-refractivity contribution in [1.29, 1.82) is 0 Å². The van der Waals surface area contributed by atoms with E-state index in [9.17, 15) is 22.4 Å². The highest BCUT2D eigenvalue weighted by Gasteiger charge is 2.31. The number of aryl methyl sites for hydroxylation is 1. The Morgan fingerprint density at radius 3 is 2.57 bits per heavy atom. The molecule has 1 aromatic carbocycles. The number of hydrazine groups is 1. The van der Waals surface area contributed by atoms with Crippen molar-refractivity contribution < 1.29 is 27.5 Å². The highest BCUT2D eigenvalue weighted by atomic mass is 127. The number of rotatable bonds is 6. The molecule has 0 aliphatic heterocycles. The summed E-state index contributed by atoms with van der Waals surface area (Å²) < 4.78 is 51.7. The van der Waals surface area contributed by atoms with Crippen LogP contribution in [0.1, 0.15) is 32.7 Å². The lowest BCUT2D eigenvalue weighted by molar-refractivity contribution is -0.137. The fourth-order valence-electron chi connectivity index (χ4n) is 2.53. The Hall–Kier alpha value is -2.21. The van der Waals surface area contributed by atoms with Crippen LogP contribution in [0.25, 0.3) is 5.70 Å². The molecule has 1 unspecified atom stereocenters. The molecule has 1 aromatic heterocycles. The number of benzene rings is 1. The normalized spacial score (nSPS) is 13.3. The number of pyridine rings is 1. The van der Waals surface area contributed by atoms with Crippen molar-refractivity contribution in [2.45, 2.75) is 23.4 Å². The largest absolute Gasteiger partial charge is 0.478 e. The molecule has 150 valence electrons. The number of nitrogens with one attached hydrogen (secondary N) is 1. The van der Waals surface area contributed by atoms with Gasteiger partial charge in [-0.1, -0.05) is 22.6 Å². The molecule has 1 atom stereocenters. The van der Waals surface area contributed by atoms with E-state index in [0.717, 1.165) is 12.1 Å². The van der Waals surface area contributed by atoms with Gasteiger partial charge in [0.2, 0.25) is 0 Å². The molecule has 5 nitrogen and oxygen atoms in total. The Morgan fingerprint density at radius 2 is 2.04 bits per heavy atom. The molecular weight excluding hydrogens is 493 g/mol. The zero-order valence-electron chi connectivity index (χ0n) is 14.5. The molecule has 0 amide bonds. The molecule has 4 N–H and O–H groups in total. The van der Waals surface area contributed by atoms with Crippen LogP contribution >= 0.6 is 22.6 Å². The highest BCUT2D eigenvalue weighted by Crippen LogP contribution is 2.31. The monoisotopic (exact) mass is 509 g/mol. The molecule has 0 fully saturated rings. The quantitative estimate of drug-likeness (QED) is 0.180. The number of hydrogen-bond donors (Lipinski definition) is 3. The summed E-state index contributed by atoms with van der Waals surface area (Å²) in [5, 5.41) is 9.06. The van der Waals surface area contributed by atoms with E-state index in [0.29, 0.717) is 23.0 Å². The van der Waals surface area contributed by atoms with Crippen molar-refractivity contribution in [2.75, 3.05) is 0 Å². The zero-order valence-corrected chi connectivity index (χ0v) is 16.7. The van der Waals surface area contributed by atoms with Crippen LogP contribution in [0.4, 0.5) is 17.6 Å². The van der Waals surface area contributed by atoms with Crippen LogP contribution in [0, 0.1) is 12.7 Å². The van der Waals surface area contributed by atoms with Crippen LogP contribution in [-0.4, -0.2) is 20.0 Å². The Kier molecular flexibility index (Phi) is 6.99. The van der Waals surface area contributed by atoms with Gasteiger partial charge in [0.25, 0.3) is 0 Å². The maximum Gasteiger partial charge on any atom is 0.416 e. The van der Waals surface area contributed by atoms with Gasteiger partial charge in [-0.15, -0.1) is 0 Å². The number of nitrogens with zero attached hydrogens (tertiary/aromatic N) is 1. The smallest absolute Gasteiger partial charge is 0.416 e. The number of aromatic carboxylic acids is 1. The van der Waals surface area contributed by atoms with Crippen LogP contribution in [-0.2, 0) is 12.6 Å². The van der Waals surface area contributed by atoms with Gasteiger partial charge in [0.05, 0.1) is 22.5 Å². The minimum Gasteiger partial charge on any atom is -0.478 e. The summed E-state index contributed by atoms with van der Waals surface area (Å²) in [5.74, 6) is 3.44. The standard InChI is InChI=1S/C18H16F4IN3O2/c1-9-2-15(25-8-14(9)17(27)28)16(26-24)7-13(23)5-10-3-11(18(20,21)22)6-12(19)4-10/h2-4,6-8,13,26H,5,24H2,1H3,(H,27,28)/b16-7-. The lowest BCUT2D eigenvalue weighted by Crippen LogP contribution is -2.22. The number of allylic oxidation sites excluding steroid dienone is 1. The topological polar surface area (TPSA) is 88.2 Å². The molecule has 2 rings (SSSR count). The first kappa shape index (κ1) is 22.1. The number of halogens is 5. The third-order valence-corrected chi connectivity index (χ3v) is 4.64. The molecule has 0 radical (unpaired) electrons. The Labute approximate surface area is 171 Å². The van der Waals surface area contributed by atoms with E-state index in [1.165, 1.54) is 12.3 Å². The minimum absolute atomic E-state index is 0.0468. The molecule has 0 spiro atoms. The summed E-state index contributed by atoms with van der Waals surface area (Å²) in [6.45, 7) is 1.61. The SMILES string of the molecule is Cc1cc(/C(=C/C(I)Cc2cc(F)cc(C(F)(F)F)c2)NN)ncc1C(=O)O. The fraction of sp³-hybridized carbons (Fsp3) is 0.222. The molecule has 0 saturated carbocycles. The highest BCUT2D eigenvalue weighted by molar-refractivity contribution is 14.1. The van der Waals surface area contributed by atoms with Crippen LogP contribution in [0.2, 0.25) is 0 Å². The number of carboxylic acids is 1. The summed E-state index contributed by atoms with van der Waals surface area (Å²) in [4.78, 5) is 15.1.